The number of rotatable bonds is 2. The number of allylic oxidation sites excluding steroid dienone is 1. The van der Waals surface area contributed by atoms with Gasteiger partial charge in [0.25, 0.3) is 0 Å². The van der Waals surface area contributed by atoms with Crippen molar-refractivity contribution >= 4 is 28.7 Å². The second-order valence-corrected chi connectivity index (χ2v) is 7.90. The Morgan fingerprint density at radius 2 is 1.93 bits per heavy atom. The van der Waals surface area contributed by atoms with E-state index in [1.165, 1.54) is 11.1 Å². The molecule has 0 saturated carbocycles. The van der Waals surface area contributed by atoms with Crippen LogP contribution in [0.25, 0.3) is 22.9 Å². The molecule has 0 fully saturated rings. The molecule has 146 valence electrons. The van der Waals surface area contributed by atoms with Gasteiger partial charge >= 0.3 is 0 Å². The molecule has 0 atom stereocenters. The molecule has 5 heteroatoms. The summed E-state index contributed by atoms with van der Waals surface area (Å²) >= 11 is 0. The van der Waals surface area contributed by atoms with Crippen molar-refractivity contribution < 1.29 is 4.79 Å². The average molecular weight is 384 g/mol. The summed E-state index contributed by atoms with van der Waals surface area (Å²) in [7, 11) is 0. The lowest BCUT2D eigenvalue weighted by Gasteiger charge is -2.15. The number of hydrogen-bond donors (Lipinski definition) is 1. The first-order valence-corrected chi connectivity index (χ1v) is 10.2. The standard InChI is InChI=1S/C24H24N4O/c1-15-13-28-14-22(27-24(28)16(2)26-15)20-5-6-23(29)21-12-18(3-4-19(21)11-20)17-7-9-25-10-8-17/h3-4,7,11-14,25H,5-6,8-10H2,1-2H3. The van der Waals surface area contributed by atoms with Crippen LogP contribution in [0, 0.1) is 13.8 Å². The Morgan fingerprint density at radius 3 is 2.76 bits per heavy atom. The zero-order chi connectivity index (χ0) is 20.0. The number of aryl methyl sites for hydroxylation is 2. The van der Waals surface area contributed by atoms with Crippen molar-refractivity contribution in [2.24, 2.45) is 0 Å². The van der Waals surface area contributed by atoms with Crippen LogP contribution in [0.1, 0.15) is 57.8 Å². The summed E-state index contributed by atoms with van der Waals surface area (Å²) in [5.41, 5.74) is 9.09. The van der Waals surface area contributed by atoms with E-state index in [9.17, 15) is 4.79 Å². The highest BCUT2D eigenvalue weighted by molar-refractivity contribution is 6.04. The molecule has 0 spiro atoms. The van der Waals surface area contributed by atoms with Crippen LogP contribution in [-0.2, 0) is 0 Å². The second kappa shape index (κ2) is 7.08. The molecule has 0 radical (unpaired) electrons. The lowest BCUT2D eigenvalue weighted by atomic mass is 9.94. The molecule has 2 aromatic heterocycles. The summed E-state index contributed by atoms with van der Waals surface area (Å²) in [6.45, 7) is 5.85. The normalized spacial score (nSPS) is 17.0. The van der Waals surface area contributed by atoms with Crippen LogP contribution >= 0.6 is 0 Å². The number of ketones is 1. The molecule has 29 heavy (non-hydrogen) atoms. The van der Waals surface area contributed by atoms with Gasteiger partial charge in [-0.1, -0.05) is 18.2 Å². The molecule has 1 N–H and O–H groups in total. The van der Waals surface area contributed by atoms with Gasteiger partial charge in [0.15, 0.2) is 11.4 Å². The quantitative estimate of drug-likeness (QED) is 0.718. The fourth-order valence-electron chi connectivity index (χ4n) is 4.31. The van der Waals surface area contributed by atoms with Gasteiger partial charge < -0.3 is 9.72 Å². The molecule has 0 saturated heterocycles. The third-order valence-electron chi connectivity index (χ3n) is 5.79. The summed E-state index contributed by atoms with van der Waals surface area (Å²) in [6, 6.07) is 6.31. The average Bonchev–Trinajstić information content (AvgIpc) is 3.08. The Morgan fingerprint density at radius 1 is 1.03 bits per heavy atom. The van der Waals surface area contributed by atoms with Crippen LogP contribution in [0.5, 0.6) is 0 Å². The van der Waals surface area contributed by atoms with Gasteiger partial charge in [-0.2, -0.15) is 0 Å². The van der Waals surface area contributed by atoms with Gasteiger partial charge in [-0.15, -0.1) is 0 Å². The first kappa shape index (κ1) is 18.0. The van der Waals surface area contributed by atoms with Gasteiger partial charge in [-0.05, 0) is 67.6 Å². The van der Waals surface area contributed by atoms with E-state index in [4.69, 9.17) is 4.98 Å². The largest absolute Gasteiger partial charge is 0.313 e. The van der Waals surface area contributed by atoms with Crippen molar-refractivity contribution in [2.45, 2.75) is 33.1 Å². The van der Waals surface area contributed by atoms with Crippen LogP contribution in [0.3, 0.4) is 0 Å². The lowest BCUT2D eigenvalue weighted by molar-refractivity contribution is 0.0984. The Hall–Kier alpha value is -3.05. The van der Waals surface area contributed by atoms with E-state index >= 15 is 0 Å². The summed E-state index contributed by atoms with van der Waals surface area (Å²) < 4.78 is 2.04. The zero-order valence-corrected chi connectivity index (χ0v) is 16.8. The van der Waals surface area contributed by atoms with Crippen molar-refractivity contribution in [3.8, 4) is 0 Å². The molecular weight excluding hydrogens is 360 g/mol. The number of carbonyl (C=O) groups excluding carboxylic acids is 1. The van der Waals surface area contributed by atoms with Crippen molar-refractivity contribution in [3.05, 3.63) is 70.4 Å². The maximum atomic E-state index is 12.9. The fraction of sp³-hybridized carbons (Fsp3) is 0.292. The summed E-state index contributed by atoms with van der Waals surface area (Å²) in [5, 5.41) is 3.34. The maximum Gasteiger partial charge on any atom is 0.163 e. The molecule has 0 unspecified atom stereocenters. The summed E-state index contributed by atoms with van der Waals surface area (Å²) in [5.74, 6) is 0.208. The molecule has 1 aromatic carbocycles. The second-order valence-electron chi connectivity index (χ2n) is 7.90. The first-order chi connectivity index (χ1) is 14.1. The number of Topliss-reactive ketones (excluding diaryl/α,β-unsaturated/α-hetero) is 1. The van der Waals surface area contributed by atoms with Gasteiger partial charge in [-0.3, -0.25) is 9.78 Å². The number of benzene rings is 1. The molecule has 0 amide bonds. The minimum atomic E-state index is 0.208. The highest BCUT2D eigenvalue weighted by Gasteiger charge is 2.20. The molecule has 5 nitrogen and oxygen atoms in total. The van der Waals surface area contributed by atoms with E-state index in [0.29, 0.717) is 12.8 Å². The highest BCUT2D eigenvalue weighted by Crippen LogP contribution is 2.32. The molecule has 3 heterocycles. The SMILES string of the molecule is Cc1cn2cc(C3=Cc4ccc(C5=CCNCC5)cc4C(=O)CC3)nc2c(C)n1. The van der Waals surface area contributed by atoms with Gasteiger partial charge in [0.2, 0.25) is 0 Å². The summed E-state index contributed by atoms with van der Waals surface area (Å²) in [6.07, 6.45) is 10.6. The predicted molar refractivity (Wildman–Crippen MR) is 116 cm³/mol. The smallest absolute Gasteiger partial charge is 0.163 e. The molecule has 1 aliphatic carbocycles. The first-order valence-electron chi connectivity index (χ1n) is 10.2. The van der Waals surface area contributed by atoms with Crippen LogP contribution in [-0.4, -0.2) is 33.2 Å². The van der Waals surface area contributed by atoms with Crippen molar-refractivity contribution in [1.29, 1.82) is 0 Å². The van der Waals surface area contributed by atoms with E-state index in [2.05, 4.69) is 40.7 Å². The molecule has 1 aliphatic heterocycles. The number of carbonyl (C=O) groups is 1. The monoisotopic (exact) mass is 384 g/mol. The van der Waals surface area contributed by atoms with E-state index < -0.39 is 0 Å². The zero-order valence-electron chi connectivity index (χ0n) is 16.8. The topological polar surface area (TPSA) is 59.3 Å². The van der Waals surface area contributed by atoms with Crippen LogP contribution in [0.2, 0.25) is 0 Å². The van der Waals surface area contributed by atoms with Crippen LogP contribution in [0.4, 0.5) is 0 Å². The van der Waals surface area contributed by atoms with Gasteiger partial charge in [0.1, 0.15) is 0 Å². The maximum absolute atomic E-state index is 12.9. The van der Waals surface area contributed by atoms with E-state index in [-0.39, 0.29) is 5.78 Å². The predicted octanol–water partition coefficient (Wildman–Crippen LogP) is 4.24. The van der Waals surface area contributed by atoms with Crippen molar-refractivity contribution in [2.75, 3.05) is 13.1 Å². The van der Waals surface area contributed by atoms with Gasteiger partial charge in [0, 0.05) is 30.9 Å². The van der Waals surface area contributed by atoms with E-state index in [1.807, 2.05) is 30.6 Å². The Kier molecular flexibility index (Phi) is 4.40. The minimum absolute atomic E-state index is 0.208. The molecule has 5 rings (SSSR count). The van der Waals surface area contributed by atoms with Crippen LogP contribution < -0.4 is 5.32 Å². The fourth-order valence-corrected chi connectivity index (χ4v) is 4.31. The Balaban J connectivity index is 1.57. The highest BCUT2D eigenvalue weighted by atomic mass is 16.1. The third-order valence-corrected chi connectivity index (χ3v) is 5.79. The Bertz CT molecular complexity index is 1200. The van der Waals surface area contributed by atoms with E-state index in [1.54, 1.807) is 0 Å². The van der Waals surface area contributed by atoms with Crippen molar-refractivity contribution in [3.63, 3.8) is 0 Å². The summed E-state index contributed by atoms with van der Waals surface area (Å²) in [4.78, 5) is 22.2. The molecule has 2 aliphatic rings. The number of aromatic nitrogens is 3. The lowest BCUT2D eigenvalue weighted by Crippen LogP contribution is -2.20. The Labute approximate surface area is 170 Å². The molecular formula is C24H24N4O. The number of nitrogens with zero attached hydrogens (tertiary/aromatic N) is 3. The third kappa shape index (κ3) is 3.32. The number of imidazole rings is 1. The number of hydrogen-bond acceptors (Lipinski definition) is 4. The molecule has 0 bridgehead atoms. The van der Waals surface area contributed by atoms with Crippen LogP contribution in [0.15, 0.2) is 36.7 Å². The van der Waals surface area contributed by atoms with Crippen molar-refractivity contribution in [1.82, 2.24) is 19.7 Å². The number of fused-ring (bicyclic) bond motifs is 2. The molecule has 3 aromatic rings. The number of nitrogens with one attached hydrogen (secondary N) is 1. The van der Waals surface area contributed by atoms with Gasteiger partial charge in [0.05, 0.1) is 17.1 Å². The minimum Gasteiger partial charge on any atom is -0.313 e. The van der Waals surface area contributed by atoms with Gasteiger partial charge in [-0.25, -0.2) is 4.98 Å². The van der Waals surface area contributed by atoms with E-state index in [0.717, 1.165) is 58.9 Å².